The molecule has 0 saturated carbocycles. The molecule has 1 heterocycles. The molecule has 102 valence electrons. The standard InChI is InChI=1S/C14H12N2O4/c1-3-6-20-11-5-4-9(8-12(11)19-2)7-10-13(17)16-14(18)15-10/h1,4-5,7-8H,6H2,2H3,(H2,15,16,17,18). The highest BCUT2D eigenvalue weighted by Gasteiger charge is 2.22. The minimum Gasteiger partial charge on any atom is -0.493 e. The quantitative estimate of drug-likeness (QED) is 0.485. The predicted octanol–water partition coefficient (Wildman–Crippen LogP) is 0.888. The van der Waals surface area contributed by atoms with Crippen LogP contribution >= 0.6 is 0 Å². The molecule has 1 fully saturated rings. The summed E-state index contributed by atoms with van der Waals surface area (Å²) >= 11 is 0. The molecule has 2 N–H and O–H groups in total. The summed E-state index contributed by atoms with van der Waals surface area (Å²) in [6.07, 6.45) is 6.66. The number of carbonyl (C=O) groups is 2. The number of terminal acetylenes is 1. The maximum absolute atomic E-state index is 11.4. The molecule has 2 rings (SSSR count). The second kappa shape index (κ2) is 5.80. The Morgan fingerprint density at radius 1 is 1.30 bits per heavy atom. The van der Waals surface area contributed by atoms with Crippen LogP contribution in [0.2, 0.25) is 0 Å². The van der Waals surface area contributed by atoms with Crippen LogP contribution in [0.5, 0.6) is 11.5 Å². The van der Waals surface area contributed by atoms with E-state index in [1.807, 2.05) is 0 Å². The van der Waals surface area contributed by atoms with Gasteiger partial charge in [-0.1, -0.05) is 12.0 Å². The van der Waals surface area contributed by atoms with Crippen LogP contribution in [0.25, 0.3) is 6.08 Å². The lowest BCUT2D eigenvalue weighted by Crippen LogP contribution is -2.22. The predicted molar refractivity (Wildman–Crippen MR) is 72.0 cm³/mol. The van der Waals surface area contributed by atoms with Crippen molar-refractivity contribution in [2.75, 3.05) is 13.7 Å². The Bertz CT molecular complexity index is 629. The zero-order valence-electron chi connectivity index (χ0n) is 10.7. The van der Waals surface area contributed by atoms with Gasteiger partial charge in [-0.3, -0.25) is 10.1 Å². The molecular weight excluding hydrogens is 260 g/mol. The van der Waals surface area contributed by atoms with E-state index in [0.29, 0.717) is 17.1 Å². The molecule has 1 saturated heterocycles. The number of imide groups is 1. The lowest BCUT2D eigenvalue weighted by molar-refractivity contribution is -0.115. The number of methoxy groups -OCH3 is 1. The van der Waals surface area contributed by atoms with Gasteiger partial charge in [0.05, 0.1) is 7.11 Å². The van der Waals surface area contributed by atoms with Gasteiger partial charge >= 0.3 is 6.03 Å². The van der Waals surface area contributed by atoms with Gasteiger partial charge in [-0.05, 0) is 23.8 Å². The SMILES string of the molecule is C#CCOc1ccc(C=C2NC(=O)NC2=O)cc1OC. The molecule has 0 unspecified atom stereocenters. The van der Waals surface area contributed by atoms with Crippen molar-refractivity contribution in [1.82, 2.24) is 10.6 Å². The van der Waals surface area contributed by atoms with Crippen LogP contribution in [-0.4, -0.2) is 25.7 Å². The van der Waals surface area contributed by atoms with Crippen molar-refractivity contribution in [2.24, 2.45) is 0 Å². The van der Waals surface area contributed by atoms with Crippen LogP contribution in [0.1, 0.15) is 5.56 Å². The lowest BCUT2D eigenvalue weighted by atomic mass is 10.1. The molecule has 0 radical (unpaired) electrons. The van der Waals surface area contributed by atoms with Crippen LogP contribution in [0.15, 0.2) is 23.9 Å². The molecule has 0 atom stereocenters. The second-order valence-corrected chi connectivity index (χ2v) is 3.87. The molecule has 20 heavy (non-hydrogen) atoms. The van der Waals surface area contributed by atoms with E-state index in [4.69, 9.17) is 15.9 Å². The van der Waals surface area contributed by atoms with Gasteiger partial charge in [0, 0.05) is 0 Å². The minimum absolute atomic E-state index is 0.134. The van der Waals surface area contributed by atoms with Gasteiger partial charge in [0.25, 0.3) is 5.91 Å². The number of hydrogen-bond acceptors (Lipinski definition) is 4. The van der Waals surface area contributed by atoms with Gasteiger partial charge in [-0.15, -0.1) is 6.42 Å². The first-order chi connectivity index (χ1) is 9.63. The Kier molecular flexibility index (Phi) is 3.91. The topological polar surface area (TPSA) is 76.7 Å². The third-order valence-electron chi connectivity index (χ3n) is 2.53. The molecule has 3 amide bonds. The maximum atomic E-state index is 11.4. The van der Waals surface area contributed by atoms with Gasteiger partial charge in [0.1, 0.15) is 12.3 Å². The van der Waals surface area contributed by atoms with Gasteiger partial charge in [-0.2, -0.15) is 0 Å². The van der Waals surface area contributed by atoms with Crippen LogP contribution < -0.4 is 20.1 Å². The maximum Gasteiger partial charge on any atom is 0.326 e. The number of ether oxygens (including phenoxy) is 2. The van der Waals surface area contributed by atoms with E-state index in [9.17, 15) is 9.59 Å². The molecule has 1 aromatic carbocycles. The Morgan fingerprint density at radius 3 is 2.70 bits per heavy atom. The number of rotatable bonds is 4. The van der Waals surface area contributed by atoms with Crippen LogP contribution in [0, 0.1) is 12.3 Å². The smallest absolute Gasteiger partial charge is 0.326 e. The molecule has 0 aromatic heterocycles. The molecular formula is C14H12N2O4. The lowest BCUT2D eigenvalue weighted by Gasteiger charge is -2.09. The summed E-state index contributed by atoms with van der Waals surface area (Å²) in [7, 11) is 1.50. The first-order valence-electron chi connectivity index (χ1n) is 5.72. The third kappa shape index (κ3) is 2.90. The second-order valence-electron chi connectivity index (χ2n) is 3.87. The third-order valence-corrected chi connectivity index (χ3v) is 2.53. The Balaban J connectivity index is 2.26. The van der Waals surface area contributed by atoms with E-state index in [1.165, 1.54) is 13.2 Å². The highest BCUT2D eigenvalue weighted by molar-refractivity contribution is 6.13. The number of hydrogen-bond donors (Lipinski definition) is 2. The van der Waals surface area contributed by atoms with Gasteiger partial charge < -0.3 is 14.8 Å². The van der Waals surface area contributed by atoms with Crippen molar-refractivity contribution in [1.29, 1.82) is 0 Å². The Morgan fingerprint density at radius 2 is 2.10 bits per heavy atom. The van der Waals surface area contributed by atoms with Crippen molar-refractivity contribution >= 4 is 18.0 Å². The van der Waals surface area contributed by atoms with Gasteiger partial charge in [0.15, 0.2) is 11.5 Å². The molecule has 0 bridgehead atoms. The van der Waals surface area contributed by atoms with E-state index in [-0.39, 0.29) is 12.3 Å². The number of benzene rings is 1. The van der Waals surface area contributed by atoms with E-state index in [1.54, 1.807) is 18.2 Å². The first-order valence-corrected chi connectivity index (χ1v) is 5.72. The van der Waals surface area contributed by atoms with Gasteiger partial charge in [0.2, 0.25) is 0 Å². The zero-order chi connectivity index (χ0) is 14.5. The Hall–Kier alpha value is -2.94. The van der Waals surface area contributed by atoms with Crippen LogP contribution in [0.4, 0.5) is 4.79 Å². The van der Waals surface area contributed by atoms with E-state index in [2.05, 4.69) is 16.6 Å². The fourth-order valence-electron chi connectivity index (χ4n) is 1.66. The van der Waals surface area contributed by atoms with Gasteiger partial charge in [-0.25, -0.2) is 4.79 Å². The van der Waals surface area contributed by atoms with Crippen LogP contribution in [-0.2, 0) is 4.79 Å². The average Bonchev–Trinajstić information content (AvgIpc) is 2.75. The molecule has 0 aliphatic carbocycles. The van der Waals surface area contributed by atoms with Crippen molar-refractivity contribution in [3.63, 3.8) is 0 Å². The summed E-state index contributed by atoms with van der Waals surface area (Å²) in [5.41, 5.74) is 0.858. The first kappa shape index (κ1) is 13.5. The summed E-state index contributed by atoms with van der Waals surface area (Å²) in [5, 5.41) is 4.52. The molecule has 0 spiro atoms. The molecule has 1 aromatic rings. The molecule has 6 heteroatoms. The monoisotopic (exact) mass is 272 g/mol. The largest absolute Gasteiger partial charge is 0.493 e. The zero-order valence-corrected chi connectivity index (χ0v) is 10.7. The van der Waals surface area contributed by atoms with Crippen molar-refractivity contribution in [3.05, 3.63) is 29.5 Å². The summed E-state index contributed by atoms with van der Waals surface area (Å²) in [5.74, 6) is 2.88. The molecule has 1 aliphatic rings. The summed E-state index contributed by atoms with van der Waals surface area (Å²) in [6, 6.07) is 4.54. The summed E-state index contributed by atoms with van der Waals surface area (Å²) in [6.45, 7) is 0.134. The van der Waals surface area contributed by atoms with Crippen molar-refractivity contribution < 1.29 is 19.1 Å². The summed E-state index contributed by atoms with van der Waals surface area (Å²) < 4.78 is 10.5. The van der Waals surface area contributed by atoms with Crippen LogP contribution in [0.3, 0.4) is 0 Å². The van der Waals surface area contributed by atoms with E-state index >= 15 is 0 Å². The minimum atomic E-state index is -0.540. The number of nitrogens with one attached hydrogen (secondary N) is 2. The number of amides is 3. The fourth-order valence-corrected chi connectivity index (χ4v) is 1.66. The fraction of sp³-hybridized carbons (Fsp3) is 0.143. The van der Waals surface area contributed by atoms with E-state index in [0.717, 1.165) is 0 Å². The molecule has 1 aliphatic heterocycles. The van der Waals surface area contributed by atoms with Crippen molar-refractivity contribution in [2.45, 2.75) is 0 Å². The van der Waals surface area contributed by atoms with Crippen molar-refractivity contribution in [3.8, 4) is 23.8 Å². The number of carbonyl (C=O) groups excluding carboxylic acids is 2. The normalized spacial score (nSPS) is 15.5. The highest BCUT2D eigenvalue weighted by Crippen LogP contribution is 2.28. The number of urea groups is 1. The van der Waals surface area contributed by atoms with E-state index < -0.39 is 11.9 Å². The summed E-state index contributed by atoms with van der Waals surface area (Å²) in [4.78, 5) is 22.4. The molecule has 6 nitrogen and oxygen atoms in total. The average molecular weight is 272 g/mol. The Labute approximate surface area is 115 Å². The highest BCUT2D eigenvalue weighted by atomic mass is 16.5.